The van der Waals surface area contributed by atoms with Crippen LogP contribution in [0.5, 0.6) is 5.75 Å². The summed E-state index contributed by atoms with van der Waals surface area (Å²) in [6, 6.07) is 9.90. The van der Waals surface area contributed by atoms with Gasteiger partial charge in [0.05, 0.1) is 0 Å². The number of piperazine rings is 1. The molecule has 1 aromatic carbocycles. The molecule has 0 unspecified atom stereocenters. The first-order valence-electron chi connectivity index (χ1n) is 9.73. The number of nitrogens with zero attached hydrogens (tertiary/aromatic N) is 4. The van der Waals surface area contributed by atoms with Gasteiger partial charge in [-0.2, -0.15) is 0 Å². The fourth-order valence-corrected chi connectivity index (χ4v) is 2.77. The van der Waals surface area contributed by atoms with Crippen LogP contribution in [-0.4, -0.2) is 93.1 Å². The topological polar surface area (TPSA) is 60.4 Å². The summed E-state index contributed by atoms with van der Waals surface area (Å²) in [5.41, 5.74) is 1.03. The Bertz CT molecular complexity index is 658. The van der Waals surface area contributed by atoms with Crippen molar-refractivity contribution in [2.45, 2.75) is 6.92 Å². The fraction of sp³-hybridized carbons (Fsp3) is 0.524. The minimum absolute atomic E-state index is 0. The van der Waals surface area contributed by atoms with Crippen LogP contribution in [0.1, 0.15) is 6.92 Å². The van der Waals surface area contributed by atoms with Gasteiger partial charge in [0.15, 0.2) is 5.96 Å². The van der Waals surface area contributed by atoms with Crippen molar-refractivity contribution in [3.8, 4) is 5.75 Å². The zero-order chi connectivity index (χ0) is 20.4. The van der Waals surface area contributed by atoms with Gasteiger partial charge in [0.25, 0.3) is 0 Å². The van der Waals surface area contributed by atoms with Crippen LogP contribution >= 0.6 is 24.0 Å². The van der Waals surface area contributed by atoms with Gasteiger partial charge < -0.3 is 19.9 Å². The molecule has 0 aliphatic carbocycles. The molecule has 2 rings (SSSR count). The highest BCUT2D eigenvalue weighted by molar-refractivity contribution is 14.0. The molecule has 0 spiro atoms. The van der Waals surface area contributed by atoms with Gasteiger partial charge in [0.2, 0.25) is 5.91 Å². The van der Waals surface area contributed by atoms with E-state index in [-0.39, 0.29) is 36.4 Å². The second kappa shape index (κ2) is 13.4. The number of carbonyl (C=O) groups is 1. The molecule has 1 heterocycles. The summed E-state index contributed by atoms with van der Waals surface area (Å²) in [6.45, 7) is 11.9. The predicted molar refractivity (Wildman–Crippen MR) is 129 cm³/mol. The van der Waals surface area contributed by atoms with E-state index >= 15 is 0 Å². The molecule has 0 bridgehead atoms. The molecule has 1 saturated heterocycles. The first kappa shape index (κ1) is 25.2. The van der Waals surface area contributed by atoms with Gasteiger partial charge in [-0.15, -0.1) is 24.0 Å². The lowest BCUT2D eigenvalue weighted by molar-refractivity contribution is -0.127. The number of hydrogen-bond acceptors (Lipinski definition) is 4. The lowest BCUT2D eigenvalue weighted by atomic mass is 10.3. The Morgan fingerprint density at radius 1 is 1.21 bits per heavy atom. The van der Waals surface area contributed by atoms with Crippen molar-refractivity contribution >= 4 is 35.8 Å². The monoisotopic (exact) mass is 515 g/mol. The molecule has 1 aromatic rings. The van der Waals surface area contributed by atoms with Crippen molar-refractivity contribution in [1.29, 1.82) is 0 Å². The van der Waals surface area contributed by atoms with Gasteiger partial charge in [-0.05, 0) is 19.1 Å². The number of halogens is 1. The Morgan fingerprint density at radius 2 is 1.86 bits per heavy atom. The summed E-state index contributed by atoms with van der Waals surface area (Å²) in [5.74, 6) is 1.68. The number of carbonyl (C=O) groups excluding carboxylic acids is 1. The van der Waals surface area contributed by atoms with Crippen LogP contribution in [0.15, 0.2) is 47.5 Å². The number of ether oxygens (including phenoxy) is 1. The van der Waals surface area contributed by atoms with Crippen molar-refractivity contribution in [3.63, 3.8) is 0 Å². The van der Waals surface area contributed by atoms with E-state index in [1.807, 2.05) is 37.3 Å². The molecule has 0 atom stereocenters. The molecule has 7 nitrogen and oxygen atoms in total. The number of nitrogens with one attached hydrogen (secondary N) is 1. The van der Waals surface area contributed by atoms with Gasteiger partial charge in [-0.1, -0.05) is 30.4 Å². The zero-order valence-corrected chi connectivity index (χ0v) is 20.1. The number of benzene rings is 1. The fourth-order valence-electron chi connectivity index (χ4n) is 2.77. The van der Waals surface area contributed by atoms with E-state index in [0.717, 1.165) is 50.0 Å². The zero-order valence-electron chi connectivity index (χ0n) is 17.8. The number of hydrogen-bond donors (Lipinski definition) is 1. The van der Waals surface area contributed by atoms with Gasteiger partial charge >= 0.3 is 0 Å². The molecular weight excluding hydrogens is 481 g/mol. The molecule has 8 heteroatoms. The van der Waals surface area contributed by atoms with Gasteiger partial charge in [-0.25, -0.2) is 4.99 Å². The molecule has 0 saturated carbocycles. The Labute approximate surface area is 191 Å². The summed E-state index contributed by atoms with van der Waals surface area (Å²) in [5, 5.41) is 3.33. The van der Waals surface area contributed by atoms with Crippen LogP contribution in [0.2, 0.25) is 0 Å². The van der Waals surface area contributed by atoms with Crippen LogP contribution in [0.3, 0.4) is 0 Å². The SMILES string of the molecule is C=C(C)CNC(=NCC(=O)N(C)C)N1CCN(CCOc2ccccc2)CC1.I. The first-order valence-corrected chi connectivity index (χ1v) is 9.73. The normalized spacial score (nSPS) is 14.7. The highest BCUT2D eigenvalue weighted by Gasteiger charge is 2.20. The first-order chi connectivity index (χ1) is 13.5. The van der Waals surface area contributed by atoms with Crippen LogP contribution in [0.25, 0.3) is 0 Å². The molecule has 0 radical (unpaired) electrons. The van der Waals surface area contributed by atoms with E-state index in [0.29, 0.717) is 13.2 Å². The predicted octanol–water partition coefficient (Wildman–Crippen LogP) is 1.91. The average Bonchev–Trinajstić information content (AvgIpc) is 2.69. The number of likely N-dealkylation sites (N-methyl/N-ethyl adjacent to an activating group) is 1. The van der Waals surface area contributed by atoms with Gasteiger partial charge in [-0.3, -0.25) is 9.69 Å². The Balaban J connectivity index is 0.00000420. The van der Waals surface area contributed by atoms with E-state index in [1.165, 1.54) is 0 Å². The molecule has 1 aliphatic heterocycles. The third-order valence-electron chi connectivity index (χ3n) is 4.50. The van der Waals surface area contributed by atoms with E-state index in [2.05, 4.69) is 26.7 Å². The van der Waals surface area contributed by atoms with Crippen LogP contribution < -0.4 is 10.1 Å². The lowest BCUT2D eigenvalue weighted by Gasteiger charge is -2.36. The average molecular weight is 515 g/mol. The van der Waals surface area contributed by atoms with E-state index in [4.69, 9.17) is 4.74 Å². The number of guanidine groups is 1. The highest BCUT2D eigenvalue weighted by Crippen LogP contribution is 2.09. The molecule has 162 valence electrons. The van der Waals surface area contributed by atoms with Gasteiger partial charge in [0, 0.05) is 53.4 Å². The lowest BCUT2D eigenvalue weighted by Crippen LogP contribution is -2.53. The maximum Gasteiger partial charge on any atom is 0.243 e. The molecule has 1 aliphatic rings. The highest BCUT2D eigenvalue weighted by atomic mass is 127. The largest absolute Gasteiger partial charge is 0.492 e. The standard InChI is InChI=1S/C21H33N5O2.HI/c1-18(2)16-22-21(23-17-20(27)24(3)4)26-12-10-25(11-13-26)14-15-28-19-8-6-5-7-9-19;/h5-9H,1,10-17H2,2-4H3,(H,22,23);1H. The molecule has 29 heavy (non-hydrogen) atoms. The summed E-state index contributed by atoms with van der Waals surface area (Å²) in [6.07, 6.45) is 0. The van der Waals surface area contributed by atoms with Crippen molar-refractivity contribution in [3.05, 3.63) is 42.5 Å². The van der Waals surface area contributed by atoms with Crippen LogP contribution in [0.4, 0.5) is 0 Å². The second-order valence-corrected chi connectivity index (χ2v) is 7.23. The maximum atomic E-state index is 11.9. The quantitative estimate of drug-likeness (QED) is 0.248. The van der Waals surface area contributed by atoms with Crippen molar-refractivity contribution in [1.82, 2.24) is 20.0 Å². The van der Waals surface area contributed by atoms with Crippen LogP contribution in [0, 0.1) is 0 Å². The number of aliphatic imine (C=N–C) groups is 1. The van der Waals surface area contributed by atoms with E-state index < -0.39 is 0 Å². The smallest absolute Gasteiger partial charge is 0.243 e. The minimum atomic E-state index is -0.00804. The molecule has 1 fully saturated rings. The molecular formula is C21H34IN5O2. The Morgan fingerprint density at radius 3 is 2.45 bits per heavy atom. The van der Waals surface area contributed by atoms with Crippen molar-refractivity contribution in [2.75, 3.05) is 66.5 Å². The molecule has 0 aromatic heterocycles. The Kier molecular flexibility index (Phi) is 11.7. The summed E-state index contributed by atoms with van der Waals surface area (Å²) in [4.78, 5) is 22.6. The maximum absolute atomic E-state index is 11.9. The third kappa shape index (κ3) is 9.49. The number of para-hydroxylation sites is 1. The van der Waals surface area contributed by atoms with E-state index in [1.54, 1.807) is 19.0 Å². The Hall–Kier alpha value is -1.81. The minimum Gasteiger partial charge on any atom is -0.492 e. The van der Waals surface area contributed by atoms with Crippen LogP contribution in [-0.2, 0) is 4.79 Å². The summed E-state index contributed by atoms with van der Waals surface area (Å²) < 4.78 is 5.79. The summed E-state index contributed by atoms with van der Waals surface area (Å²) >= 11 is 0. The number of rotatable bonds is 8. The van der Waals surface area contributed by atoms with Crippen molar-refractivity contribution < 1.29 is 9.53 Å². The third-order valence-corrected chi connectivity index (χ3v) is 4.50. The van der Waals surface area contributed by atoms with Gasteiger partial charge in [0.1, 0.15) is 18.9 Å². The number of amides is 1. The second-order valence-electron chi connectivity index (χ2n) is 7.23. The molecule has 1 amide bonds. The summed E-state index contributed by atoms with van der Waals surface area (Å²) in [7, 11) is 3.49. The molecule has 1 N–H and O–H groups in total. The van der Waals surface area contributed by atoms with E-state index in [9.17, 15) is 4.79 Å². The van der Waals surface area contributed by atoms with Crippen molar-refractivity contribution in [2.24, 2.45) is 4.99 Å².